The van der Waals surface area contributed by atoms with E-state index in [-0.39, 0.29) is 104 Å². The summed E-state index contributed by atoms with van der Waals surface area (Å²) < 4.78 is 63.3. The minimum Gasteiger partial charge on any atom is -0.419 e. The maximum atomic E-state index is 14.8. The number of nitrogens with one attached hydrogen (secondary N) is 4. The third kappa shape index (κ3) is 16.7. The largest absolute Gasteiger partial charge is 0.419 e. The Balaban J connectivity index is 0.000000413. The van der Waals surface area contributed by atoms with Gasteiger partial charge < -0.3 is 25.2 Å². The molecule has 0 aliphatic rings. The number of sulfonamides is 2. The number of rotatable bonds is 32. The van der Waals surface area contributed by atoms with E-state index in [0.717, 1.165) is 91.4 Å². The first-order valence-corrected chi connectivity index (χ1v) is 35.3. The lowest BCUT2D eigenvalue weighted by Gasteiger charge is -2.46. The molecule has 2 aromatic heterocycles. The molecule has 0 spiro atoms. The highest BCUT2D eigenvalue weighted by atomic mass is 32.2. The quantitative estimate of drug-likeness (QED) is 0.00763. The van der Waals surface area contributed by atoms with Gasteiger partial charge in [0.25, 0.3) is 37.5 Å². The number of ether oxygens (including phenoxy) is 1. The first-order valence-electron chi connectivity index (χ1n) is 30.6. The summed E-state index contributed by atoms with van der Waals surface area (Å²) in [6, 6.07) is 41.7. The van der Waals surface area contributed by atoms with Crippen LogP contribution in [-0.4, -0.2) is 196 Å². The Morgan fingerprint density at radius 3 is 1.25 bits per heavy atom. The Labute approximate surface area is 601 Å². The van der Waals surface area contributed by atoms with E-state index in [0.29, 0.717) is 14.7 Å². The maximum absolute atomic E-state index is 14.8. The van der Waals surface area contributed by atoms with Gasteiger partial charge in [-0.2, -0.15) is 10.2 Å². The summed E-state index contributed by atoms with van der Waals surface area (Å²) in [6.45, 7) is 0. The molecule has 7 aromatic carbocycles. The molecule has 4 N–H and O–H groups in total. The number of esters is 1. The first kappa shape index (κ1) is 76.7. The van der Waals surface area contributed by atoms with Crippen LogP contribution in [0.3, 0.4) is 0 Å². The van der Waals surface area contributed by atoms with E-state index in [1.807, 2.05) is 7.05 Å². The van der Waals surface area contributed by atoms with Crippen LogP contribution < -0.4 is 34.6 Å². The summed E-state index contributed by atoms with van der Waals surface area (Å²) in [5.74, 6) is -8.12. The van der Waals surface area contributed by atoms with Gasteiger partial charge in [0.15, 0.2) is 16.0 Å². The van der Waals surface area contributed by atoms with Crippen LogP contribution in [0.1, 0.15) is 22.6 Å². The molecule has 0 aliphatic heterocycles. The number of hydrogen-bond acceptors (Lipinski definition) is 24. The van der Waals surface area contributed by atoms with Crippen LogP contribution >= 0.6 is 22.7 Å². The average molecular weight is 1480 g/mol. The number of hydrogen-bond donors (Lipinski definition) is 4. The van der Waals surface area contributed by atoms with E-state index in [1.165, 1.54) is 107 Å². The van der Waals surface area contributed by atoms with Gasteiger partial charge >= 0.3 is 5.97 Å². The lowest BCUT2D eigenvalue weighted by molar-refractivity contribution is -0.189. The highest BCUT2D eigenvalue weighted by molar-refractivity contribution is 7.93. The van der Waals surface area contributed by atoms with Crippen LogP contribution in [0.2, 0.25) is 0 Å². The van der Waals surface area contributed by atoms with E-state index in [4.69, 9.17) is 4.74 Å². The molecule has 0 aliphatic carbocycles. The van der Waals surface area contributed by atoms with Gasteiger partial charge in [0.2, 0.25) is 38.5 Å². The average Bonchev–Trinajstić information content (AvgIpc) is 0.986. The number of fused-ring (bicyclic) bond motifs is 1. The molecule has 9 rings (SSSR count). The van der Waals surface area contributed by atoms with Crippen molar-refractivity contribution in [3.05, 3.63) is 185 Å². The minimum absolute atomic E-state index is 0.0276. The Morgan fingerprint density at radius 1 is 0.495 bits per heavy atom. The standard InChI is InChI=1S/C44H43N15O13S4.C24H29N3/c1-54(23-60)43(55(2)24-61,56(3)25-62)39(66)47-34-9-7-8-33-37(34)35(50-48-29-10-14-31(15-11-29)75(68,69)52-41-45-18-20-73-41)22-36(38(33)72-40(67)44(57(4)26-63,58(5)27-64)59(6)28-65)51-49-30-12-16-32(17-13-30)76(70,71)53-42-46-19-21-74-42;1-25-21-12-6-18(7-13-21)24(19-8-14-22(15-9-19)26(2)3)20-10-16-23(17-11-20)27(4)5/h7-28H,1-6H3,(H,45,52)(H,46,53)(H,47,66);6-17,24-25H,1-5H3. The van der Waals surface area contributed by atoms with Crippen molar-refractivity contribution in [2.75, 3.05) is 107 Å². The number of thiazole rings is 2. The van der Waals surface area contributed by atoms with E-state index >= 15 is 0 Å². The van der Waals surface area contributed by atoms with E-state index in [9.17, 15) is 55.2 Å². The molecule has 0 atom stereocenters. The van der Waals surface area contributed by atoms with Crippen molar-refractivity contribution >= 4 is 160 Å². The second-order valence-corrected chi connectivity index (χ2v) is 28.1. The molecule has 9 aromatic rings. The molecular formula is C68H72N18O13S4. The molecule has 31 nitrogen and oxygen atoms in total. The molecule has 536 valence electrons. The second-order valence-electron chi connectivity index (χ2n) is 22.9. The molecule has 7 amide bonds. The predicted octanol–water partition coefficient (Wildman–Crippen LogP) is 8.91. The van der Waals surface area contributed by atoms with Gasteiger partial charge in [-0.3, -0.25) is 72.4 Å². The van der Waals surface area contributed by atoms with Crippen LogP contribution in [0.5, 0.6) is 5.75 Å². The SMILES string of the molecule is CN(C=O)C(C(=O)Nc1cccc2c(OC(=O)C(N(C)C=O)(N(C)C=O)N(C)C=O)c(N=Nc3ccc(S(=O)(=O)Nc4nccs4)cc3)cc(N=Nc3ccc(S(=O)(=O)Nc4nccs4)cc3)c12)(N(C)C=O)N(C)C=O.CNc1ccc(C(c2ccc(N(C)C)cc2)c2ccc(N(C)C)cc2)cc1. The van der Waals surface area contributed by atoms with Gasteiger partial charge in [-0.15, -0.1) is 32.9 Å². The number of amides is 7. The van der Waals surface area contributed by atoms with Crippen molar-refractivity contribution in [2.45, 2.75) is 27.3 Å². The van der Waals surface area contributed by atoms with E-state index in [1.54, 1.807) is 10.8 Å². The van der Waals surface area contributed by atoms with Crippen molar-refractivity contribution in [2.24, 2.45) is 20.5 Å². The maximum Gasteiger partial charge on any atom is 0.381 e. The molecule has 0 saturated carbocycles. The molecule has 0 saturated heterocycles. The van der Waals surface area contributed by atoms with Crippen LogP contribution in [-0.2, 0) is 58.4 Å². The van der Waals surface area contributed by atoms with Crippen LogP contribution in [0.4, 0.5) is 55.8 Å². The van der Waals surface area contributed by atoms with E-state index < -0.39 is 49.2 Å². The number of likely N-dealkylation sites (N-methyl/N-ethyl adjacent to an activating group) is 6. The van der Waals surface area contributed by atoms with Crippen molar-refractivity contribution in [3.8, 4) is 5.75 Å². The van der Waals surface area contributed by atoms with Gasteiger partial charge in [0.1, 0.15) is 5.69 Å². The zero-order valence-electron chi connectivity index (χ0n) is 57.4. The number of azo groups is 2. The third-order valence-electron chi connectivity index (χ3n) is 16.2. The van der Waals surface area contributed by atoms with Crippen molar-refractivity contribution in [1.29, 1.82) is 0 Å². The van der Waals surface area contributed by atoms with Crippen molar-refractivity contribution in [1.82, 2.24) is 39.4 Å². The lowest BCUT2D eigenvalue weighted by Crippen LogP contribution is -2.72. The summed E-state index contributed by atoms with van der Waals surface area (Å²) in [5, 5.41) is 26.2. The number of aromatic nitrogens is 2. The van der Waals surface area contributed by atoms with Crippen LogP contribution in [0.15, 0.2) is 199 Å². The lowest BCUT2D eigenvalue weighted by atomic mass is 9.85. The van der Waals surface area contributed by atoms with Crippen LogP contribution in [0, 0.1) is 0 Å². The highest BCUT2D eigenvalue weighted by Crippen LogP contribution is 2.47. The number of nitrogens with zero attached hydrogens (tertiary/aromatic N) is 14. The molecule has 0 fully saturated rings. The minimum atomic E-state index is -4.12. The smallest absolute Gasteiger partial charge is 0.381 e. The van der Waals surface area contributed by atoms with Gasteiger partial charge in [0.05, 0.1) is 32.5 Å². The van der Waals surface area contributed by atoms with Crippen LogP contribution in [0.25, 0.3) is 10.8 Å². The second kappa shape index (κ2) is 33.4. The monoisotopic (exact) mass is 1480 g/mol. The van der Waals surface area contributed by atoms with Gasteiger partial charge in [0, 0.05) is 134 Å². The topological polar surface area (TPSA) is 363 Å². The molecule has 103 heavy (non-hydrogen) atoms. The Kier molecular flexibility index (Phi) is 24.9. The fourth-order valence-corrected chi connectivity index (χ4v) is 14.4. The Morgan fingerprint density at radius 2 is 0.883 bits per heavy atom. The van der Waals surface area contributed by atoms with Crippen molar-refractivity contribution in [3.63, 3.8) is 0 Å². The molecule has 0 radical (unpaired) electrons. The fraction of sp³-hybridized carbons (Fsp3) is 0.206. The summed E-state index contributed by atoms with van der Waals surface area (Å²) in [7, 11) is 8.62. The normalized spacial score (nSPS) is 11.5. The number of carbonyl (C=O) groups is 8. The molecule has 0 unspecified atom stereocenters. The zero-order chi connectivity index (χ0) is 75.0. The molecule has 2 heterocycles. The van der Waals surface area contributed by atoms with Crippen molar-refractivity contribution < 1.29 is 59.9 Å². The summed E-state index contributed by atoms with van der Waals surface area (Å²) >= 11 is 2.10. The van der Waals surface area contributed by atoms with Gasteiger partial charge in [-0.25, -0.2) is 31.6 Å². The van der Waals surface area contributed by atoms with E-state index in [2.05, 4.69) is 161 Å². The summed E-state index contributed by atoms with van der Waals surface area (Å²) in [4.78, 5) is 120. The molecule has 0 bridgehead atoms. The Hall–Kier alpha value is -12.1. The van der Waals surface area contributed by atoms with Gasteiger partial charge in [-0.05, 0) is 114 Å². The van der Waals surface area contributed by atoms with Gasteiger partial charge in [-0.1, -0.05) is 48.5 Å². The zero-order valence-corrected chi connectivity index (χ0v) is 60.7. The number of carbonyl (C=O) groups excluding carboxylic acids is 8. The molecule has 35 heteroatoms. The first-order chi connectivity index (χ1) is 49.2. The summed E-state index contributed by atoms with van der Waals surface area (Å²) in [6.07, 6.45) is 3.80. The fourth-order valence-electron chi connectivity index (χ4n) is 10.9. The Bertz CT molecular complexity index is 4660. The number of benzene rings is 7. The predicted molar refractivity (Wildman–Crippen MR) is 392 cm³/mol. The highest BCUT2D eigenvalue weighted by Gasteiger charge is 2.53. The summed E-state index contributed by atoms with van der Waals surface area (Å²) in [5.41, 5.74) is 6.73. The molecular weight excluding hydrogens is 1410 g/mol. The third-order valence-corrected chi connectivity index (χ3v) is 20.5. The number of anilines is 6.